The Bertz CT molecular complexity index is 387. The summed E-state index contributed by atoms with van der Waals surface area (Å²) >= 11 is 1.84. The highest BCUT2D eigenvalue weighted by Gasteiger charge is 2.34. The summed E-state index contributed by atoms with van der Waals surface area (Å²) in [6.07, 6.45) is 2.81. The Labute approximate surface area is 108 Å². The molecule has 3 heteroatoms. The first-order valence-corrected chi connectivity index (χ1v) is 7.68. The van der Waals surface area contributed by atoms with Crippen LogP contribution in [0.5, 0.6) is 0 Å². The standard InChI is InChI=1S/C14H22N2S/c1-11-9-17-10-13(11)7-16-8-14-4-3-5-15(14)6-12(16)2/h9-10,12,14H,3-8H2,1-2H3. The monoisotopic (exact) mass is 250 g/mol. The van der Waals surface area contributed by atoms with Crippen LogP contribution in [-0.4, -0.2) is 41.5 Å². The van der Waals surface area contributed by atoms with E-state index in [-0.39, 0.29) is 0 Å². The molecule has 2 aliphatic rings. The fraction of sp³-hybridized carbons (Fsp3) is 0.714. The van der Waals surface area contributed by atoms with E-state index in [1.54, 1.807) is 0 Å². The zero-order chi connectivity index (χ0) is 11.8. The van der Waals surface area contributed by atoms with Crippen molar-refractivity contribution in [1.29, 1.82) is 0 Å². The Hall–Kier alpha value is -0.380. The molecule has 0 saturated carbocycles. The fourth-order valence-corrected chi connectivity index (χ4v) is 4.08. The number of hydrogen-bond donors (Lipinski definition) is 0. The van der Waals surface area contributed by atoms with Crippen LogP contribution in [0.1, 0.15) is 30.9 Å². The molecule has 2 saturated heterocycles. The van der Waals surface area contributed by atoms with Crippen molar-refractivity contribution in [3.8, 4) is 0 Å². The number of thiophene rings is 1. The summed E-state index contributed by atoms with van der Waals surface area (Å²) in [4.78, 5) is 5.38. The molecule has 1 aromatic rings. The molecule has 0 spiro atoms. The van der Waals surface area contributed by atoms with Crippen molar-refractivity contribution in [2.24, 2.45) is 0 Å². The van der Waals surface area contributed by atoms with E-state index in [0.717, 1.165) is 12.6 Å². The minimum absolute atomic E-state index is 0.712. The van der Waals surface area contributed by atoms with E-state index in [9.17, 15) is 0 Å². The fourth-order valence-electron chi connectivity index (χ4n) is 3.24. The molecule has 0 N–H and O–H groups in total. The van der Waals surface area contributed by atoms with Crippen LogP contribution in [0.3, 0.4) is 0 Å². The molecule has 94 valence electrons. The predicted octanol–water partition coefficient (Wildman–Crippen LogP) is 2.73. The van der Waals surface area contributed by atoms with Crippen molar-refractivity contribution in [3.63, 3.8) is 0 Å². The van der Waals surface area contributed by atoms with Gasteiger partial charge in [0.1, 0.15) is 0 Å². The van der Waals surface area contributed by atoms with E-state index < -0.39 is 0 Å². The van der Waals surface area contributed by atoms with E-state index >= 15 is 0 Å². The van der Waals surface area contributed by atoms with Crippen molar-refractivity contribution in [2.45, 2.75) is 45.3 Å². The molecule has 3 heterocycles. The molecule has 0 radical (unpaired) electrons. The van der Waals surface area contributed by atoms with E-state index in [4.69, 9.17) is 0 Å². The smallest absolute Gasteiger partial charge is 0.0248 e. The molecule has 0 aliphatic carbocycles. The number of nitrogens with zero attached hydrogens (tertiary/aromatic N) is 2. The van der Waals surface area contributed by atoms with Gasteiger partial charge in [-0.25, -0.2) is 0 Å². The summed E-state index contributed by atoms with van der Waals surface area (Å²) in [5, 5.41) is 4.59. The molecule has 17 heavy (non-hydrogen) atoms. The molecule has 2 unspecified atom stereocenters. The van der Waals surface area contributed by atoms with Crippen molar-refractivity contribution < 1.29 is 0 Å². The normalized spacial score (nSPS) is 30.7. The van der Waals surface area contributed by atoms with Gasteiger partial charge in [-0.05, 0) is 55.1 Å². The van der Waals surface area contributed by atoms with Gasteiger partial charge in [-0.1, -0.05) is 0 Å². The highest BCUT2D eigenvalue weighted by molar-refractivity contribution is 7.08. The van der Waals surface area contributed by atoms with Crippen LogP contribution < -0.4 is 0 Å². The maximum absolute atomic E-state index is 2.70. The molecule has 2 nitrogen and oxygen atoms in total. The van der Waals surface area contributed by atoms with E-state index in [0.29, 0.717) is 6.04 Å². The zero-order valence-corrected chi connectivity index (χ0v) is 11.7. The van der Waals surface area contributed by atoms with E-state index in [1.165, 1.54) is 43.6 Å². The molecule has 2 fully saturated rings. The minimum atomic E-state index is 0.712. The largest absolute Gasteiger partial charge is 0.298 e. The zero-order valence-electron chi connectivity index (χ0n) is 10.9. The summed E-state index contributed by atoms with van der Waals surface area (Å²) in [6.45, 7) is 9.66. The van der Waals surface area contributed by atoms with Gasteiger partial charge in [0.25, 0.3) is 0 Å². The molecule has 0 bridgehead atoms. The molecule has 0 amide bonds. The maximum Gasteiger partial charge on any atom is 0.0248 e. The lowest BCUT2D eigenvalue weighted by Crippen LogP contribution is -2.54. The van der Waals surface area contributed by atoms with Gasteiger partial charge in [0.05, 0.1) is 0 Å². The third-order valence-electron chi connectivity index (χ3n) is 4.40. The number of fused-ring (bicyclic) bond motifs is 1. The molecule has 2 aliphatic heterocycles. The molecule has 0 aromatic carbocycles. The average molecular weight is 250 g/mol. The summed E-state index contributed by atoms with van der Waals surface area (Å²) in [6, 6.07) is 1.55. The van der Waals surface area contributed by atoms with E-state index in [1.807, 2.05) is 11.3 Å². The molecular formula is C14H22N2S. The third kappa shape index (κ3) is 2.28. The number of rotatable bonds is 2. The van der Waals surface area contributed by atoms with Gasteiger partial charge in [-0.15, -0.1) is 0 Å². The quantitative estimate of drug-likeness (QED) is 0.796. The lowest BCUT2D eigenvalue weighted by atomic mass is 10.1. The van der Waals surface area contributed by atoms with Crippen LogP contribution in [0.2, 0.25) is 0 Å². The van der Waals surface area contributed by atoms with Gasteiger partial charge >= 0.3 is 0 Å². The molecule has 2 atom stereocenters. The summed E-state index contributed by atoms with van der Waals surface area (Å²) in [5.41, 5.74) is 3.00. The molecular weight excluding hydrogens is 228 g/mol. The van der Waals surface area contributed by atoms with Gasteiger partial charge in [-0.2, -0.15) is 11.3 Å². The summed E-state index contributed by atoms with van der Waals surface area (Å²) < 4.78 is 0. The highest BCUT2D eigenvalue weighted by atomic mass is 32.1. The van der Waals surface area contributed by atoms with Gasteiger partial charge in [0.2, 0.25) is 0 Å². The lowest BCUT2D eigenvalue weighted by molar-refractivity contribution is 0.0540. The average Bonchev–Trinajstić information content (AvgIpc) is 2.89. The van der Waals surface area contributed by atoms with Gasteiger partial charge in [-0.3, -0.25) is 9.80 Å². The second kappa shape index (κ2) is 4.71. The second-order valence-electron chi connectivity index (χ2n) is 5.65. The van der Waals surface area contributed by atoms with Crippen molar-refractivity contribution in [1.82, 2.24) is 9.80 Å². The van der Waals surface area contributed by atoms with Crippen LogP contribution in [0.4, 0.5) is 0 Å². The van der Waals surface area contributed by atoms with Crippen LogP contribution in [0.25, 0.3) is 0 Å². The second-order valence-corrected chi connectivity index (χ2v) is 6.39. The van der Waals surface area contributed by atoms with Crippen LogP contribution in [0, 0.1) is 6.92 Å². The minimum Gasteiger partial charge on any atom is -0.298 e. The first-order chi connectivity index (χ1) is 8.24. The van der Waals surface area contributed by atoms with Crippen LogP contribution >= 0.6 is 11.3 Å². The van der Waals surface area contributed by atoms with Gasteiger partial charge in [0.15, 0.2) is 0 Å². The summed E-state index contributed by atoms with van der Waals surface area (Å²) in [7, 11) is 0. The number of piperazine rings is 1. The van der Waals surface area contributed by atoms with E-state index in [2.05, 4.69) is 34.4 Å². The Balaban J connectivity index is 1.69. The van der Waals surface area contributed by atoms with Crippen LogP contribution in [0.15, 0.2) is 10.8 Å². The summed E-state index contributed by atoms with van der Waals surface area (Å²) in [5.74, 6) is 0. The maximum atomic E-state index is 2.70. The number of hydrogen-bond acceptors (Lipinski definition) is 3. The highest BCUT2D eigenvalue weighted by Crippen LogP contribution is 2.26. The Kier molecular flexibility index (Phi) is 3.24. The van der Waals surface area contributed by atoms with Crippen molar-refractivity contribution in [3.05, 3.63) is 21.9 Å². The topological polar surface area (TPSA) is 6.48 Å². The van der Waals surface area contributed by atoms with Gasteiger partial charge < -0.3 is 0 Å². The Morgan fingerprint density at radius 2 is 2.24 bits per heavy atom. The Morgan fingerprint density at radius 3 is 3.00 bits per heavy atom. The lowest BCUT2D eigenvalue weighted by Gasteiger charge is -2.42. The predicted molar refractivity (Wildman–Crippen MR) is 73.5 cm³/mol. The van der Waals surface area contributed by atoms with Crippen molar-refractivity contribution >= 4 is 11.3 Å². The first-order valence-electron chi connectivity index (χ1n) is 6.74. The van der Waals surface area contributed by atoms with Gasteiger partial charge in [0, 0.05) is 31.7 Å². The SMILES string of the molecule is Cc1cscc1CN1CC2CCCN2CC1C. The third-order valence-corrected chi connectivity index (χ3v) is 5.31. The van der Waals surface area contributed by atoms with Crippen LogP contribution in [-0.2, 0) is 6.54 Å². The first kappa shape index (κ1) is 11.7. The number of aryl methyl sites for hydroxylation is 1. The molecule has 3 rings (SSSR count). The molecule has 1 aromatic heterocycles. The Morgan fingerprint density at radius 1 is 1.35 bits per heavy atom. The van der Waals surface area contributed by atoms with Crippen molar-refractivity contribution in [2.75, 3.05) is 19.6 Å².